The second-order valence-corrected chi connectivity index (χ2v) is 5.21. The van der Waals surface area contributed by atoms with Gasteiger partial charge in [-0.25, -0.2) is 0 Å². The Morgan fingerprint density at radius 1 is 1.13 bits per heavy atom. The van der Waals surface area contributed by atoms with Crippen molar-refractivity contribution in [3.8, 4) is 0 Å². The zero-order valence-electron chi connectivity index (χ0n) is 8.05. The van der Waals surface area contributed by atoms with Crippen LogP contribution in [-0.2, 0) is 11.2 Å². The largest absolute Gasteiger partial charge is 0.286 e. The van der Waals surface area contributed by atoms with Gasteiger partial charge < -0.3 is 0 Å². The minimum absolute atomic E-state index is 0.198. The van der Waals surface area contributed by atoms with Gasteiger partial charge in [0, 0.05) is 9.77 Å². The van der Waals surface area contributed by atoms with Crippen LogP contribution in [0.5, 0.6) is 0 Å². The Labute approximate surface area is 97.1 Å². The van der Waals surface area contributed by atoms with Crippen LogP contribution in [0.2, 0.25) is 0 Å². The van der Waals surface area contributed by atoms with Crippen LogP contribution in [0.3, 0.4) is 0 Å². The Bertz CT molecular complexity index is 420. The molecule has 0 saturated carbocycles. The summed E-state index contributed by atoms with van der Waals surface area (Å²) in [6.07, 6.45) is 0.525. The molecule has 1 heterocycles. The first-order valence-electron chi connectivity index (χ1n) is 4.63. The van der Waals surface area contributed by atoms with E-state index < -0.39 is 0 Å². The highest BCUT2D eigenvalue weighted by Crippen LogP contribution is 2.21. The molecule has 0 spiro atoms. The van der Waals surface area contributed by atoms with Gasteiger partial charge in [-0.05, 0) is 23.6 Å². The Kier molecular flexibility index (Phi) is 3.59. The van der Waals surface area contributed by atoms with E-state index >= 15 is 0 Å². The summed E-state index contributed by atoms with van der Waals surface area (Å²) in [5, 5.41) is 2.19. The van der Waals surface area contributed by atoms with Gasteiger partial charge in [0.1, 0.15) is 0 Å². The molecule has 3 heteroatoms. The summed E-state index contributed by atoms with van der Waals surface area (Å²) in [4.78, 5) is 13.8. The fourth-order valence-corrected chi connectivity index (χ4v) is 2.79. The van der Waals surface area contributed by atoms with E-state index in [4.69, 9.17) is 0 Å². The molecule has 15 heavy (non-hydrogen) atoms. The molecule has 0 bridgehead atoms. The molecule has 0 aliphatic carbocycles. The van der Waals surface area contributed by atoms with Crippen molar-refractivity contribution < 1.29 is 4.79 Å². The molecule has 0 saturated heterocycles. The predicted molar refractivity (Wildman–Crippen MR) is 65.3 cm³/mol. The lowest BCUT2D eigenvalue weighted by atomic mass is 10.4. The van der Waals surface area contributed by atoms with E-state index in [1.165, 1.54) is 11.8 Å². The summed E-state index contributed by atoms with van der Waals surface area (Å²) < 4.78 is 0. The molecule has 1 aromatic carbocycles. The van der Waals surface area contributed by atoms with Crippen molar-refractivity contribution >= 4 is 28.2 Å². The molecule has 0 N–H and O–H groups in total. The minimum Gasteiger partial charge on any atom is -0.286 e. The van der Waals surface area contributed by atoms with Gasteiger partial charge in [0.2, 0.25) is 0 Å². The lowest BCUT2D eigenvalue weighted by Crippen LogP contribution is -1.94. The molecule has 2 aromatic rings. The average molecular weight is 234 g/mol. The molecular formula is C12H10OS2. The third-order valence-electron chi connectivity index (χ3n) is 1.87. The van der Waals surface area contributed by atoms with Crippen LogP contribution in [0, 0.1) is 0 Å². The molecule has 0 aliphatic rings. The van der Waals surface area contributed by atoms with Crippen LogP contribution in [0.1, 0.15) is 4.88 Å². The van der Waals surface area contributed by atoms with Gasteiger partial charge in [0.15, 0.2) is 5.12 Å². The minimum atomic E-state index is 0.198. The summed E-state index contributed by atoms with van der Waals surface area (Å²) in [6.45, 7) is 0. The molecule has 0 unspecified atom stereocenters. The number of benzene rings is 1. The van der Waals surface area contributed by atoms with Gasteiger partial charge in [-0.2, -0.15) is 0 Å². The van der Waals surface area contributed by atoms with Crippen LogP contribution in [0.25, 0.3) is 0 Å². The highest BCUT2D eigenvalue weighted by atomic mass is 32.2. The number of hydrogen-bond donors (Lipinski definition) is 0. The number of hydrogen-bond acceptors (Lipinski definition) is 3. The van der Waals surface area contributed by atoms with E-state index in [1.807, 2.05) is 47.8 Å². The van der Waals surface area contributed by atoms with Crippen molar-refractivity contribution in [3.63, 3.8) is 0 Å². The molecule has 0 atom stereocenters. The van der Waals surface area contributed by atoms with E-state index in [9.17, 15) is 4.79 Å². The van der Waals surface area contributed by atoms with Crippen molar-refractivity contribution in [2.45, 2.75) is 11.3 Å². The van der Waals surface area contributed by atoms with E-state index in [0.29, 0.717) is 6.42 Å². The van der Waals surface area contributed by atoms with Crippen LogP contribution in [0.4, 0.5) is 0 Å². The van der Waals surface area contributed by atoms with Crippen molar-refractivity contribution in [2.24, 2.45) is 0 Å². The van der Waals surface area contributed by atoms with Crippen LogP contribution < -0.4 is 0 Å². The van der Waals surface area contributed by atoms with E-state index in [1.54, 1.807) is 11.3 Å². The summed E-state index contributed by atoms with van der Waals surface area (Å²) in [6, 6.07) is 13.7. The fraction of sp³-hybridized carbons (Fsp3) is 0.0833. The predicted octanol–water partition coefficient (Wildman–Crippen LogP) is 3.61. The fourth-order valence-electron chi connectivity index (χ4n) is 1.21. The molecule has 2 rings (SSSR count). The van der Waals surface area contributed by atoms with Gasteiger partial charge in [0.05, 0.1) is 6.42 Å². The molecule has 1 nitrogen and oxygen atoms in total. The molecule has 1 aromatic heterocycles. The lowest BCUT2D eigenvalue weighted by Gasteiger charge is -1.98. The second kappa shape index (κ2) is 5.14. The molecule has 0 amide bonds. The lowest BCUT2D eigenvalue weighted by molar-refractivity contribution is -0.110. The molecule has 76 valence electrons. The normalized spacial score (nSPS) is 10.1. The first-order valence-corrected chi connectivity index (χ1v) is 6.32. The van der Waals surface area contributed by atoms with Crippen LogP contribution in [-0.4, -0.2) is 5.12 Å². The van der Waals surface area contributed by atoms with Gasteiger partial charge in [-0.1, -0.05) is 36.0 Å². The average Bonchev–Trinajstić information content (AvgIpc) is 2.71. The SMILES string of the molecule is O=C(Cc1cccs1)Sc1ccccc1. The number of carbonyl (C=O) groups excluding carboxylic acids is 1. The second-order valence-electron chi connectivity index (χ2n) is 3.04. The van der Waals surface area contributed by atoms with Crippen LogP contribution >= 0.6 is 23.1 Å². The standard InChI is InChI=1S/C12H10OS2/c13-12(9-11-7-4-8-14-11)15-10-5-2-1-3-6-10/h1-8H,9H2. The summed E-state index contributed by atoms with van der Waals surface area (Å²) in [7, 11) is 0. The van der Waals surface area contributed by atoms with Gasteiger partial charge in [-0.3, -0.25) is 4.79 Å². The van der Waals surface area contributed by atoms with E-state index in [2.05, 4.69) is 0 Å². The van der Waals surface area contributed by atoms with Crippen LogP contribution in [0.15, 0.2) is 52.7 Å². The number of thiophene rings is 1. The number of carbonyl (C=O) groups is 1. The summed E-state index contributed by atoms with van der Waals surface area (Å²) in [5.41, 5.74) is 0. The molecule has 0 aliphatic heterocycles. The van der Waals surface area contributed by atoms with Crippen molar-refractivity contribution in [1.82, 2.24) is 0 Å². The maximum atomic E-state index is 11.6. The summed E-state index contributed by atoms with van der Waals surface area (Å²) in [5.74, 6) is 0. The van der Waals surface area contributed by atoms with Gasteiger partial charge in [0.25, 0.3) is 0 Å². The van der Waals surface area contributed by atoms with Crippen molar-refractivity contribution in [1.29, 1.82) is 0 Å². The third-order valence-corrected chi connectivity index (χ3v) is 3.63. The summed E-state index contributed by atoms with van der Waals surface area (Å²) >= 11 is 2.94. The zero-order chi connectivity index (χ0) is 10.5. The number of thioether (sulfide) groups is 1. The quantitative estimate of drug-likeness (QED) is 0.755. The maximum absolute atomic E-state index is 11.6. The number of rotatable bonds is 3. The first kappa shape index (κ1) is 10.5. The molecular weight excluding hydrogens is 224 g/mol. The van der Waals surface area contributed by atoms with E-state index in [-0.39, 0.29) is 5.12 Å². The van der Waals surface area contributed by atoms with Gasteiger partial charge >= 0.3 is 0 Å². The molecule has 0 fully saturated rings. The Hall–Kier alpha value is -1.06. The Morgan fingerprint density at radius 2 is 1.93 bits per heavy atom. The smallest absolute Gasteiger partial charge is 0.198 e. The Morgan fingerprint density at radius 3 is 2.60 bits per heavy atom. The third kappa shape index (κ3) is 3.22. The Balaban J connectivity index is 1.94. The molecule has 0 radical (unpaired) electrons. The zero-order valence-corrected chi connectivity index (χ0v) is 9.68. The highest BCUT2D eigenvalue weighted by Gasteiger charge is 2.06. The van der Waals surface area contributed by atoms with Crippen molar-refractivity contribution in [3.05, 3.63) is 52.7 Å². The monoisotopic (exact) mass is 234 g/mol. The highest BCUT2D eigenvalue weighted by molar-refractivity contribution is 8.13. The first-order chi connectivity index (χ1) is 7.34. The van der Waals surface area contributed by atoms with Gasteiger partial charge in [-0.15, -0.1) is 11.3 Å². The van der Waals surface area contributed by atoms with Crippen molar-refractivity contribution in [2.75, 3.05) is 0 Å². The topological polar surface area (TPSA) is 17.1 Å². The van der Waals surface area contributed by atoms with E-state index in [0.717, 1.165) is 9.77 Å². The maximum Gasteiger partial charge on any atom is 0.198 e.